The fourth-order valence-corrected chi connectivity index (χ4v) is 4.03. The topological polar surface area (TPSA) is 104 Å². The molecule has 0 saturated carbocycles. The van der Waals surface area contributed by atoms with E-state index in [2.05, 4.69) is 21.9 Å². The molecule has 2 aliphatic rings. The molecule has 2 aliphatic heterocycles. The van der Waals surface area contributed by atoms with Crippen LogP contribution in [0.2, 0.25) is 0 Å². The highest BCUT2D eigenvalue weighted by atomic mass is 32.2. The van der Waals surface area contributed by atoms with Crippen molar-refractivity contribution in [2.75, 3.05) is 33.3 Å². The van der Waals surface area contributed by atoms with Gasteiger partial charge in [0.15, 0.2) is 5.84 Å². The van der Waals surface area contributed by atoms with Crippen molar-refractivity contribution in [3.05, 3.63) is 23.3 Å². The Kier molecular flexibility index (Phi) is 9.17. The summed E-state index contributed by atoms with van der Waals surface area (Å²) in [5.41, 5.74) is 0.669. The first-order chi connectivity index (χ1) is 14.7. The molecule has 0 spiro atoms. The van der Waals surface area contributed by atoms with E-state index in [1.165, 1.54) is 11.8 Å². The molecule has 0 unspecified atom stereocenters. The van der Waals surface area contributed by atoms with Gasteiger partial charge in [-0.05, 0) is 25.2 Å². The van der Waals surface area contributed by atoms with Crippen molar-refractivity contribution in [2.45, 2.75) is 44.6 Å². The molecule has 0 aromatic carbocycles. The molecule has 8 nitrogen and oxygen atoms in total. The van der Waals surface area contributed by atoms with Gasteiger partial charge in [-0.3, -0.25) is 19.7 Å². The van der Waals surface area contributed by atoms with E-state index in [-0.39, 0.29) is 57.0 Å². The molecule has 2 rings (SSSR count). The van der Waals surface area contributed by atoms with Crippen LogP contribution in [0.1, 0.15) is 32.6 Å². The Morgan fingerprint density at radius 1 is 1.52 bits per heavy atom. The highest BCUT2D eigenvalue weighted by Crippen LogP contribution is 2.32. The fourth-order valence-electron chi connectivity index (χ4n) is 3.54. The second kappa shape index (κ2) is 11.4. The van der Waals surface area contributed by atoms with Crippen LogP contribution in [-0.4, -0.2) is 78.1 Å². The second-order valence-electron chi connectivity index (χ2n) is 7.17. The Morgan fingerprint density at radius 2 is 2.26 bits per heavy atom. The molecule has 1 saturated heterocycles. The lowest BCUT2D eigenvalue weighted by Gasteiger charge is -2.40. The maximum atomic E-state index is 14.2. The molecule has 0 amide bonds. The van der Waals surface area contributed by atoms with Crippen LogP contribution in [0.25, 0.3) is 0 Å². The van der Waals surface area contributed by atoms with Gasteiger partial charge in [-0.15, -0.1) is 0 Å². The number of esters is 1. The lowest BCUT2D eigenvalue weighted by molar-refractivity contribution is -0.139. The number of thioether (sulfide) groups is 1. The Labute approximate surface area is 184 Å². The number of hydrogen-bond donors (Lipinski definition) is 2. The highest BCUT2D eigenvalue weighted by molar-refractivity contribution is 8.18. The predicted octanol–water partition coefficient (Wildman–Crippen LogP) is 2.67. The minimum absolute atomic E-state index is 0.0167. The number of rotatable bonds is 9. The molecular weight excluding hydrogens is 430 g/mol. The molecule has 0 bridgehead atoms. The second-order valence-corrected chi connectivity index (χ2v) is 8.12. The number of halogens is 2. The monoisotopic (exact) mass is 458 g/mol. The summed E-state index contributed by atoms with van der Waals surface area (Å²) in [6.45, 7) is 5.04. The van der Waals surface area contributed by atoms with Crippen molar-refractivity contribution in [3.8, 4) is 0 Å². The number of carboxylic acids is 1. The van der Waals surface area contributed by atoms with E-state index in [0.717, 1.165) is 0 Å². The van der Waals surface area contributed by atoms with Gasteiger partial charge in [0.05, 0.1) is 25.3 Å². The normalized spacial score (nSPS) is 21.9. The van der Waals surface area contributed by atoms with Gasteiger partial charge in [-0.1, -0.05) is 18.3 Å². The van der Waals surface area contributed by atoms with Crippen LogP contribution >= 0.6 is 11.8 Å². The zero-order valence-corrected chi connectivity index (χ0v) is 18.5. The van der Waals surface area contributed by atoms with Gasteiger partial charge >= 0.3 is 11.9 Å². The lowest BCUT2D eigenvalue weighted by Crippen LogP contribution is -2.51. The third kappa shape index (κ3) is 7.13. The van der Waals surface area contributed by atoms with Crippen LogP contribution in [0.15, 0.2) is 33.2 Å². The maximum absolute atomic E-state index is 14.2. The van der Waals surface area contributed by atoms with Crippen molar-refractivity contribution in [1.82, 2.24) is 10.2 Å². The van der Waals surface area contributed by atoms with E-state index in [9.17, 15) is 18.4 Å². The molecule has 2 N–H and O–H groups in total. The van der Waals surface area contributed by atoms with E-state index in [4.69, 9.17) is 9.84 Å². The fraction of sp³-hybridized carbons (Fsp3) is 0.600. The number of nitrogens with one attached hydrogen (secondary N) is 1. The molecule has 0 aromatic rings. The average Bonchev–Trinajstić information content (AvgIpc) is 2.71. The maximum Gasteiger partial charge on any atom is 0.337 e. The molecule has 31 heavy (non-hydrogen) atoms. The van der Waals surface area contributed by atoms with Crippen molar-refractivity contribution in [1.29, 1.82) is 0 Å². The third-order valence-corrected chi connectivity index (χ3v) is 5.76. The Hall–Kier alpha value is -2.27. The van der Waals surface area contributed by atoms with Crippen LogP contribution in [0.5, 0.6) is 0 Å². The van der Waals surface area contributed by atoms with Crippen LogP contribution < -0.4 is 5.32 Å². The number of piperidine rings is 1. The number of amidine groups is 1. The van der Waals surface area contributed by atoms with Gasteiger partial charge in [-0.25, -0.2) is 13.6 Å². The number of aliphatic carboxylic acids is 1. The van der Waals surface area contributed by atoms with Crippen LogP contribution in [0.4, 0.5) is 8.78 Å². The Morgan fingerprint density at radius 3 is 2.87 bits per heavy atom. The van der Waals surface area contributed by atoms with Gasteiger partial charge in [0.1, 0.15) is 5.04 Å². The number of carbonyl (C=O) groups excluding carboxylic acids is 1. The molecule has 0 aromatic heterocycles. The molecule has 0 aliphatic carbocycles. The van der Waals surface area contributed by atoms with Crippen molar-refractivity contribution >= 4 is 34.6 Å². The molecule has 11 heteroatoms. The van der Waals surface area contributed by atoms with Crippen LogP contribution in [0.3, 0.4) is 0 Å². The number of alkyl halides is 2. The third-order valence-electron chi connectivity index (χ3n) is 5.00. The first kappa shape index (κ1) is 25.0. The van der Waals surface area contributed by atoms with Gasteiger partial charge in [0, 0.05) is 38.2 Å². The molecule has 172 valence electrons. The van der Waals surface area contributed by atoms with Crippen molar-refractivity contribution < 1.29 is 28.2 Å². The largest absolute Gasteiger partial charge is 0.481 e. The number of nitrogens with zero attached hydrogens (tertiary/aromatic N) is 3. The summed E-state index contributed by atoms with van der Waals surface area (Å²) in [5.74, 6) is -4.00. The Balaban J connectivity index is 2.31. The number of carboxylic acid groups (broad SMARTS) is 1. The zero-order chi connectivity index (χ0) is 23.0. The number of likely N-dealkylation sites (tertiary alicyclic amines) is 1. The SMILES string of the molecule is C=CSC(=NC)C1=NCC(C(=O)OCC)=C(CN2CC(F)(F)CC[C@H]2CCC(=O)O)N1. The standard InChI is InChI=1S/C20H28F2N4O4S/c1-4-30-19(29)14-10-24-17(18(23-3)31-5-2)25-15(14)11-26-12-20(21,22)9-8-13(26)6-7-16(27)28/h5,13H,2,4,6-12H2,1,3H3,(H,24,25)(H,27,28)/t13-/m1/s1. The minimum Gasteiger partial charge on any atom is -0.481 e. The molecule has 0 radical (unpaired) electrons. The van der Waals surface area contributed by atoms with Gasteiger partial charge in [-0.2, -0.15) is 0 Å². The average molecular weight is 459 g/mol. The first-order valence-electron chi connectivity index (χ1n) is 9.99. The molecule has 1 atom stereocenters. The van der Waals surface area contributed by atoms with Gasteiger partial charge in [0.25, 0.3) is 5.92 Å². The molecule has 1 fully saturated rings. The van der Waals surface area contributed by atoms with E-state index in [0.29, 0.717) is 16.6 Å². The first-order valence-corrected chi connectivity index (χ1v) is 10.9. The van der Waals surface area contributed by atoms with Crippen molar-refractivity contribution in [3.63, 3.8) is 0 Å². The molecule has 2 heterocycles. The Bertz CT molecular complexity index is 798. The summed E-state index contributed by atoms with van der Waals surface area (Å²) in [6, 6.07) is -0.336. The number of ether oxygens (including phenoxy) is 1. The summed E-state index contributed by atoms with van der Waals surface area (Å²) < 4.78 is 33.5. The summed E-state index contributed by atoms with van der Waals surface area (Å²) >= 11 is 1.25. The number of carbonyl (C=O) groups is 2. The number of hydrogen-bond acceptors (Lipinski definition) is 8. The van der Waals surface area contributed by atoms with Gasteiger partial charge < -0.3 is 15.2 Å². The minimum atomic E-state index is -2.88. The molecular formula is C20H28F2N4O4S. The van der Waals surface area contributed by atoms with Crippen LogP contribution in [-0.2, 0) is 14.3 Å². The van der Waals surface area contributed by atoms with E-state index >= 15 is 0 Å². The smallest absolute Gasteiger partial charge is 0.337 e. The van der Waals surface area contributed by atoms with E-state index in [1.807, 2.05) is 0 Å². The predicted molar refractivity (Wildman–Crippen MR) is 117 cm³/mol. The zero-order valence-electron chi connectivity index (χ0n) is 17.7. The van der Waals surface area contributed by atoms with E-state index < -0.39 is 24.4 Å². The highest BCUT2D eigenvalue weighted by Gasteiger charge is 2.41. The summed E-state index contributed by atoms with van der Waals surface area (Å²) in [6.07, 6.45) is 0.0270. The van der Waals surface area contributed by atoms with Crippen LogP contribution in [0, 0.1) is 0 Å². The van der Waals surface area contributed by atoms with E-state index in [1.54, 1.807) is 24.3 Å². The number of aliphatic imine (C=N–C) groups is 2. The quantitative estimate of drug-likeness (QED) is 0.311. The summed E-state index contributed by atoms with van der Waals surface area (Å²) in [4.78, 5) is 33.5. The van der Waals surface area contributed by atoms with Crippen molar-refractivity contribution in [2.24, 2.45) is 9.98 Å². The lowest BCUT2D eigenvalue weighted by atomic mass is 9.95. The summed E-state index contributed by atoms with van der Waals surface area (Å²) in [5, 5.41) is 14.2. The van der Waals surface area contributed by atoms with Gasteiger partial charge in [0.2, 0.25) is 0 Å². The summed E-state index contributed by atoms with van der Waals surface area (Å²) in [7, 11) is 1.59.